The van der Waals surface area contributed by atoms with Gasteiger partial charge in [0.1, 0.15) is 5.82 Å². The van der Waals surface area contributed by atoms with Crippen LogP contribution in [0.3, 0.4) is 0 Å². The fourth-order valence-corrected chi connectivity index (χ4v) is 3.01. The van der Waals surface area contributed by atoms with Gasteiger partial charge in [0, 0.05) is 29.8 Å². The molecule has 1 aromatic rings. The van der Waals surface area contributed by atoms with E-state index < -0.39 is 0 Å². The van der Waals surface area contributed by atoms with E-state index in [9.17, 15) is 4.39 Å². The van der Waals surface area contributed by atoms with Crippen LogP contribution in [-0.2, 0) is 0 Å². The minimum atomic E-state index is -0.175. The lowest BCUT2D eigenvalue weighted by Gasteiger charge is -2.34. The lowest BCUT2D eigenvalue weighted by atomic mass is 10.2. The summed E-state index contributed by atoms with van der Waals surface area (Å²) in [5, 5.41) is 0.537. The molecule has 1 atom stereocenters. The van der Waals surface area contributed by atoms with E-state index in [1.165, 1.54) is 6.07 Å². The fraction of sp³-hybridized carbons (Fsp3) is 0.455. The van der Waals surface area contributed by atoms with Crippen LogP contribution in [0.15, 0.2) is 23.1 Å². The van der Waals surface area contributed by atoms with Gasteiger partial charge in [0.2, 0.25) is 0 Å². The van der Waals surface area contributed by atoms with Gasteiger partial charge in [-0.25, -0.2) is 4.39 Å². The van der Waals surface area contributed by atoms with E-state index in [2.05, 4.69) is 11.8 Å². The maximum absolute atomic E-state index is 13.1. The highest BCUT2D eigenvalue weighted by Crippen LogP contribution is 2.38. The molecule has 0 amide bonds. The molecule has 1 heterocycles. The Balaban J connectivity index is 2.34. The zero-order valence-electron chi connectivity index (χ0n) is 8.74. The number of anilines is 1. The third-order valence-corrected chi connectivity index (χ3v) is 3.62. The number of fused-ring (bicyclic) bond motifs is 1. The molecule has 1 aromatic carbocycles. The smallest absolute Gasteiger partial charge is 0.125 e. The van der Waals surface area contributed by atoms with Crippen molar-refractivity contribution in [3.63, 3.8) is 0 Å². The van der Waals surface area contributed by atoms with Crippen LogP contribution in [0.25, 0.3) is 0 Å². The number of rotatable bonds is 2. The molecule has 0 saturated carbocycles. The largest absolute Gasteiger partial charge is 0.368 e. The summed E-state index contributed by atoms with van der Waals surface area (Å²) in [5.41, 5.74) is 6.55. The van der Waals surface area contributed by atoms with Crippen molar-refractivity contribution < 1.29 is 4.39 Å². The van der Waals surface area contributed by atoms with E-state index >= 15 is 0 Å². The molecule has 0 bridgehead atoms. The summed E-state index contributed by atoms with van der Waals surface area (Å²) in [5.74, 6) is -0.175. The molecule has 0 aliphatic carbocycles. The van der Waals surface area contributed by atoms with Gasteiger partial charge in [0.05, 0.1) is 5.69 Å². The van der Waals surface area contributed by atoms with Crippen LogP contribution < -0.4 is 10.6 Å². The van der Waals surface area contributed by atoms with Gasteiger partial charge in [-0.2, -0.15) is 0 Å². The monoisotopic (exact) mass is 226 g/mol. The molecule has 2 nitrogen and oxygen atoms in total. The van der Waals surface area contributed by atoms with E-state index in [-0.39, 0.29) is 5.82 Å². The van der Waals surface area contributed by atoms with Crippen molar-refractivity contribution in [3.8, 4) is 0 Å². The van der Waals surface area contributed by atoms with E-state index in [0.29, 0.717) is 11.8 Å². The second-order valence-corrected chi connectivity index (χ2v) is 5.26. The summed E-state index contributed by atoms with van der Waals surface area (Å²) in [4.78, 5) is 3.32. The van der Waals surface area contributed by atoms with Crippen LogP contribution >= 0.6 is 11.8 Å². The van der Waals surface area contributed by atoms with Crippen molar-refractivity contribution in [2.45, 2.75) is 17.1 Å². The van der Waals surface area contributed by atoms with Crippen molar-refractivity contribution in [2.75, 3.05) is 24.5 Å². The predicted octanol–water partition coefficient (Wildman–Crippen LogP) is 2.08. The predicted molar refractivity (Wildman–Crippen MR) is 63.0 cm³/mol. The minimum absolute atomic E-state index is 0.175. The van der Waals surface area contributed by atoms with Gasteiger partial charge in [-0.1, -0.05) is 6.92 Å². The van der Waals surface area contributed by atoms with Gasteiger partial charge in [-0.15, -0.1) is 11.8 Å². The van der Waals surface area contributed by atoms with Gasteiger partial charge < -0.3 is 10.6 Å². The maximum atomic E-state index is 13.1. The van der Waals surface area contributed by atoms with Gasteiger partial charge in [0.25, 0.3) is 0 Å². The zero-order chi connectivity index (χ0) is 10.8. The molecule has 0 fully saturated rings. The zero-order valence-corrected chi connectivity index (χ0v) is 9.56. The Morgan fingerprint density at radius 1 is 1.60 bits per heavy atom. The molecule has 15 heavy (non-hydrogen) atoms. The van der Waals surface area contributed by atoms with Crippen molar-refractivity contribution in [1.29, 1.82) is 0 Å². The molecule has 4 heteroatoms. The Kier molecular flexibility index (Phi) is 3.17. The number of hydrogen-bond donors (Lipinski definition) is 1. The van der Waals surface area contributed by atoms with Crippen LogP contribution in [0.5, 0.6) is 0 Å². The summed E-state index contributed by atoms with van der Waals surface area (Å²) in [6, 6.07) is 4.98. The van der Waals surface area contributed by atoms with E-state index in [1.807, 2.05) is 6.07 Å². The molecular weight excluding hydrogens is 211 g/mol. The van der Waals surface area contributed by atoms with Crippen LogP contribution in [-0.4, -0.2) is 24.9 Å². The number of nitrogens with zero attached hydrogens (tertiary/aromatic N) is 1. The molecule has 1 aliphatic rings. The van der Waals surface area contributed by atoms with Gasteiger partial charge >= 0.3 is 0 Å². The Hall–Kier alpha value is -0.740. The topological polar surface area (TPSA) is 29.3 Å². The molecular formula is C11H15FN2S. The highest BCUT2D eigenvalue weighted by Gasteiger charge is 2.21. The number of benzene rings is 1. The fourth-order valence-electron chi connectivity index (χ4n) is 1.87. The Bertz CT molecular complexity index is 356. The average Bonchev–Trinajstić information content (AvgIpc) is 2.19. The Labute approximate surface area is 93.6 Å². The van der Waals surface area contributed by atoms with Crippen LogP contribution in [0.4, 0.5) is 10.1 Å². The number of nitrogens with two attached hydrogens (primary N) is 1. The van der Waals surface area contributed by atoms with E-state index in [1.54, 1.807) is 17.8 Å². The van der Waals surface area contributed by atoms with Crippen molar-refractivity contribution in [1.82, 2.24) is 0 Å². The lowest BCUT2D eigenvalue weighted by molar-refractivity contribution is 0.623. The first-order valence-electron chi connectivity index (χ1n) is 5.12. The molecule has 0 radical (unpaired) electrons. The summed E-state index contributed by atoms with van der Waals surface area (Å²) in [7, 11) is 0. The summed E-state index contributed by atoms with van der Waals surface area (Å²) in [6.07, 6.45) is 0. The molecule has 0 aromatic heterocycles. The van der Waals surface area contributed by atoms with E-state index in [4.69, 9.17) is 5.73 Å². The van der Waals surface area contributed by atoms with Crippen molar-refractivity contribution in [2.24, 2.45) is 5.73 Å². The van der Waals surface area contributed by atoms with Gasteiger partial charge in [-0.05, 0) is 18.2 Å². The molecule has 0 saturated heterocycles. The highest BCUT2D eigenvalue weighted by atomic mass is 32.2. The highest BCUT2D eigenvalue weighted by molar-refractivity contribution is 8.00. The molecule has 1 aliphatic heterocycles. The molecule has 2 N–H and O–H groups in total. The lowest BCUT2D eigenvalue weighted by Crippen LogP contribution is -2.37. The standard InChI is InChI=1S/C11H15FN2S/c1-8-7-14(5-4-13)10-6-9(12)2-3-11(10)15-8/h2-3,6,8H,4-5,7,13H2,1H3. The summed E-state index contributed by atoms with van der Waals surface area (Å²) < 4.78 is 13.1. The SMILES string of the molecule is CC1CN(CCN)c2cc(F)ccc2S1. The van der Waals surface area contributed by atoms with Crippen LogP contribution in [0.2, 0.25) is 0 Å². The third-order valence-electron chi connectivity index (χ3n) is 2.47. The Morgan fingerprint density at radius 2 is 2.40 bits per heavy atom. The number of halogens is 1. The van der Waals surface area contributed by atoms with Gasteiger partial charge in [0.15, 0.2) is 0 Å². The molecule has 2 rings (SSSR count). The second kappa shape index (κ2) is 4.41. The maximum Gasteiger partial charge on any atom is 0.125 e. The first-order valence-corrected chi connectivity index (χ1v) is 6.00. The molecule has 0 spiro atoms. The molecule has 1 unspecified atom stereocenters. The van der Waals surface area contributed by atoms with Gasteiger partial charge in [-0.3, -0.25) is 0 Å². The minimum Gasteiger partial charge on any atom is -0.368 e. The third kappa shape index (κ3) is 2.26. The van der Waals surface area contributed by atoms with Crippen molar-refractivity contribution in [3.05, 3.63) is 24.0 Å². The molecule has 82 valence electrons. The first-order chi connectivity index (χ1) is 7.20. The summed E-state index contributed by atoms with van der Waals surface area (Å²) >= 11 is 1.80. The average molecular weight is 226 g/mol. The Morgan fingerprint density at radius 3 is 3.13 bits per heavy atom. The van der Waals surface area contributed by atoms with Crippen LogP contribution in [0, 0.1) is 5.82 Å². The quantitative estimate of drug-likeness (QED) is 0.837. The second-order valence-electron chi connectivity index (χ2n) is 3.78. The first kappa shape index (κ1) is 10.8. The van der Waals surface area contributed by atoms with Crippen molar-refractivity contribution >= 4 is 17.4 Å². The number of hydrogen-bond acceptors (Lipinski definition) is 3. The normalized spacial score (nSPS) is 20.2. The number of thioether (sulfide) groups is 1. The van der Waals surface area contributed by atoms with Crippen LogP contribution in [0.1, 0.15) is 6.92 Å². The summed E-state index contributed by atoms with van der Waals surface area (Å²) in [6.45, 7) is 4.52. The van der Waals surface area contributed by atoms with E-state index in [0.717, 1.165) is 23.7 Å².